The predicted molar refractivity (Wildman–Crippen MR) is 69.5 cm³/mol. The SMILES string of the molecule is Nn1cnc2sc(-c3ccccc3)cc2c1=O. The molecule has 0 amide bonds. The minimum Gasteiger partial charge on any atom is -0.335 e. The normalized spacial score (nSPS) is 10.8. The van der Waals surface area contributed by atoms with Gasteiger partial charge < -0.3 is 5.84 Å². The minimum atomic E-state index is -0.214. The summed E-state index contributed by atoms with van der Waals surface area (Å²) in [6.07, 6.45) is 1.34. The number of nitrogens with zero attached hydrogens (tertiary/aromatic N) is 2. The van der Waals surface area contributed by atoms with Crippen molar-refractivity contribution >= 4 is 21.6 Å². The fourth-order valence-electron chi connectivity index (χ4n) is 1.68. The Bertz CT molecular complexity index is 730. The molecule has 2 N–H and O–H groups in total. The van der Waals surface area contributed by atoms with Gasteiger partial charge in [-0.25, -0.2) is 9.66 Å². The molecule has 0 fully saturated rings. The van der Waals surface area contributed by atoms with Gasteiger partial charge in [-0.05, 0) is 11.6 Å². The third kappa shape index (κ3) is 1.60. The van der Waals surface area contributed by atoms with Gasteiger partial charge in [0, 0.05) is 4.88 Å². The molecule has 0 bridgehead atoms. The maximum atomic E-state index is 11.8. The first-order valence-electron chi connectivity index (χ1n) is 5.07. The summed E-state index contributed by atoms with van der Waals surface area (Å²) in [6, 6.07) is 11.7. The number of rotatable bonds is 1. The summed E-state index contributed by atoms with van der Waals surface area (Å²) < 4.78 is 1.00. The van der Waals surface area contributed by atoms with Gasteiger partial charge in [-0.1, -0.05) is 30.3 Å². The van der Waals surface area contributed by atoms with Crippen molar-refractivity contribution in [3.63, 3.8) is 0 Å². The quantitative estimate of drug-likeness (QED) is 0.663. The molecule has 3 aromatic rings. The average molecular weight is 243 g/mol. The Labute approximate surface area is 101 Å². The largest absolute Gasteiger partial charge is 0.335 e. The van der Waals surface area contributed by atoms with Crippen LogP contribution in [-0.2, 0) is 0 Å². The second-order valence-corrected chi connectivity index (χ2v) is 4.68. The summed E-state index contributed by atoms with van der Waals surface area (Å²) in [5.41, 5.74) is 0.868. The zero-order chi connectivity index (χ0) is 11.8. The van der Waals surface area contributed by atoms with E-state index in [1.807, 2.05) is 36.4 Å². The van der Waals surface area contributed by atoms with Crippen LogP contribution in [0.15, 0.2) is 47.5 Å². The Balaban J connectivity index is 2.28. The molecule has 1 aromatic carbocycles. The third-order valence-electron chi connectivity index (χ3n) is 2.54. The lowest BCUT2D eigenvalue weighted by Crippen LogP contribution is -2.26. The molecule has 17 heavy (non-hydrogen) atoms. The molecule has 0 spiro atoms. The van der Waals surface area contributed by atoms with E-state index >= 15 is 0 Å². The Hall–Kier alpha value is -2.14. The molecule has 2 aromatic heterocycles. The summed E-state index contributed by atoms with van der Waals surface area (Å²) in [6.45, 7) is 0. The first-order valence-corrected chi connectivity index (χ1v) is 5.89. The molecular weight excluding hydrogens is 234 g/mol. The van der Waals surface area contributed by atoms with Gasteiger partial charge in [-0.3, -0.25) is 4.79 Å². The van der Waals surface area contributed by atoms with E-state index in [1.54, 1.807) is 0 Å². The van der Waals surface area contributed by atoms with Crippen LogP contribution in [0.1, 0.15) is 0 Å². The fourth-order valence-corrected chi connectivity index (χ4v) is 2.68. The van der Waals surface area contributed by atoms with E-state index in [9.17, 15) is 4.79 Å². The molecule has 0 aliphatic rings. The minimum absolute atomic E-state index is 0.214. The van der Waals surface area contributed by atoms with Crippen molar-refractivity contribution in [3.8, 4) is 10.4 Å². The zero-order valence-corrected chi connectivity index (χ0v) is 9.65. The van der Waals surface area contributed by atoms with Gasteiger partial charge in [0.15, 0.2) is 0 Å². The van der Waals surface area contributed by atoms with Crippen molar-refractivity contribution in [1.29, 1.82) is 0 Å². The summed E-state index contributed by atoms with van der Waals surface area (Å²) in [4.78, 5) is 17.7. The van der Waals surface area contributed by atoms with E-state index in [1.165, 1.54) is 17.7 Å². The molecular formula is C12H9N3OS. The molecule has 0 saturated carbocycles. The van der Waals surface area contributed by atoms with Gasteiger partial charge in [0.2, 0.25) is 0 Å². The second-order valence-electron chi connectivity index (χ2n) is 3.65. The van der Waals surface area contributed by atoms with Gasteiger partial charge >= 0.3 is 0 Å². The fraction of sp³-hybridized carbons (Fsp3) is 0. The molecule has 2 heterocycles. The number of nitrogen functional groups attached to an aromatic ring is 1. The van der Waals surface area contributed by atoms with Crippen molar-refractivity contribution in [2.45, 2.75) is 0 Å². The second kappa shape index (κ2) is 3.71. The highest BCUT2D eigenvalue weighted by atomic mass is 32.1. The summed E-state index contributed by atoms with van der Waals surface area (Å²) in [5.74, 6) is 5.48. The van der Waals surface area contributed by atoms with E-state index < -0.39 is 0 Å². The van der Waals surface area contributed by atoms with Crippen molar-refractivity contribution < 1.29 is 0 Å². The van der Waals surface area contributed by atoms with E-state index in [2.05, 4.69) is 4.98 Å². The highest BCUT2D eigenvalue weighted by Gasteiger charge is 2.08. The molecule has 0 aliphatic carbocycles. The number of nitrogens with two attached hydrogens (primary N) is 1. The first kappa shape index (κ1) is 10.0. The highest BCUT2D eigenvalue weighted by molar-refractivity contribution is 7.21. The average Bonchev–Trinajstić information content (AvgIpc) is 2.80. The van der Waals surface area contributed by atoms with Gasteiger partial charge in [0.1, 0.15) is 11.2 Å². The number of aromatic nitrogens is 2. The monoisotopic (exact) mass is 243 g/mol. The van der Waals surface area contributed by atoms with Crippen LogP contribution in [0.4, 0.5) is 0 Å². The Morgan fingerprint density at radius 2 is 2.00 bits per heavy atom. The van der Waals surface area contributed by atoms with Crippen LogP contribution in [0.25, 0.3) is 20.7 Å². The van der Waals surface area contributed by atoms with E-state index in [0.717, 1.165) is 19.9 Å². The molecule has 0 unspecified atom stereocenters. The van der Waals surface area contributed by atoms with Crippen molar-refractivity contribution in [1.82, 2.24) is 9.66 Å². The van der Waals surface area contributed by atoms with Gasteiger partial charge in [-0.2, -0.15) is 0 Å². The van der Waals surface area contributed by atoms with Crippen molar-refractivity contribution in [2.24, 2.45) is 0 Å². The van der Waals surface area contributed by atoms with E-state index in [-0.39, 0.29) is 5.56 Å². The Morgan fingerprint density at radius 1 is 1.24 bits per heavy atom. The van der Waals surface area contributed by atoms with Gasteiger partial charge in [-0.15, -0.1) is 11.3 Å². The number of hydrogen-bond donors (Lipinski definition) is 1. The summed E-state index contributed by atoms with van der Waals surface area (Å²) >= 11 is 1.49. The summed E-state index contributed by atoms with van der Waals surface area (Å²) in [7, 11) is 0. The lowest BCUT2D eigenvalue weighted by atomic mass is 10.2. The number of hydrogen-bond acceptors (Lipinski definition) is 4. The number of benzene rings is 1. The van der Waals surface area contributed by atoms with Crippen molar-refractivity contribution in [3.05, 3.63) is 53.1 Å². The van der Waals surface area contributed by atoms with Crippen LogP contribution in [0.5, 0.6) is 0 Å². The van der Waals surface area contributed by atoms with E-state index in [0.29, 0.717) is 5.39 Å². The topological polar surface area (TPSA) is 60.9 Å². The van der Waals surface area contributed by atoms with E-state index in [4.69, 9.17) is 5.84 Å². The van der Waals surface area contributed by atoms with Crippen LogP contribution < -0.4 is 11.4 Å². The van der Waals surface area contributed by atoms with Gasteiger partial charge in [0.25, 0.3) is 5.56 Å². The molecule has 0 saturated heterocycles. The summed E-state index contributed by atoms with van der Waals surface area (Å²) in [5, 5.41) is 0.568. The number of fused-ring (bicyclic) bond motifs is 1. The smallest absolute Gasteiger partial charge is 0.280 e. The van der Waals surface area contributed by atoms with Crippen LogP contribution in [0.3, 0.4) is 0 Å². The third-order valence-corrected chi connectivity index (χ3v) is 3.63. The zero-order valence-electron chi connectivity index (χ0n) is 8.83. The molecule has 0 aliphatic heterocycles. The van der Waals surface area contributed by atoms with Crippen LogP contribution in [-0.4, -0.2) is 9.66 Å². The maximum absolute atomic E-state index is 11.8. The predicted octanol–water partition coefficient (Wildman–Crippen LogP) is 1.84. The molecule has 84 valence electrons. The standard InChI is InChI=1S/C12H9N3OS/c13-15-7-14-11-9(12(15)16)6-10(17-11)8-4-2-1-3-5-8/h1-7H,13H2. The van der Waals surface area contributed by atoms with Crippen LogP contribution in [0.2, 0.25) is 0 Å². The first-order chi connectivity index (χ1) is 8.25. The van der Waals surface area contributed by atoms with Crippen molar-refractivity contribution in [2.75, 3.05) is 5.84 Å². The number of thiophene rings is 1. The molecule has 4 nitrogen and oxygen atoms in total. The van der Waals surface area contributed by atoms with Crippen LogP contribution >= 0.6 is 11.3 Å². The maximum Gasteiger partial charge on any atom is 0.280 e. The molecule has 0 radical (unpaired) electrons. The lowest BCUT2D eigenvalue weighted by molar-refractivity contribution is 0.916. The van der Waals surface area contributed by atoms with Gasteiger partial charge in [0.05, 0.1) is 5.39 Å². The van der Waals surface area contributed by atoms with Crippen LogP contribution in [0, 0.1) is 0 Å². The Kier molecular flexibility index (Phi) is 2.19. The lowest BCUT2D eigenvalue weighted by Gasteiger charge is -1.93. The highest BCUT2D eigenvalue weighted by Crippen LogP contribution is 2.30. The molecule has 3 rings (SSSR count). The molecule has 0 atom stereocenters. The Morgan fingerprint density at radius 3 is 2.76 bits per heavy atom. The molecule has 5 heteroatoms.